The van der Waals surface area contributed by atoms with Crippen LogP contribution in [0, 0.1) is 10.1 Å². The van der Waals surface area contributed by atoms with E-state index in [9.17, 15) is 19.7 Å². The number of esters is 1. The van der Waals surface area contributed by atoms with Gasteiger partial charge in [0.1, 0.15) is 0 Å². The molecule has 1 N–H and O–H groups in total. The van der Waals surface area contributed by atoms with Crippen molar-refractivity contribution in [1.29, 1.82) is 0 Å². The van der Waals surface area contributed by atoms with Crippen LogP contribution < -0.4 is 5.32 Å². The van der Waals surface area contributed by atoms with Gasteiger partial charge in [-0.1, -0.05) is 23.9 Å². The van der Waals surface area contributed by atoms with Crippen LogP contribution in [0.4, 0.5) is 5.69 Å². The number of aliphatic imine (C=N–C) groups is 1. The Morgan fingerprint density at radius 2 is 2.13 bits per heavy atom. The Hall–Kier alpha value is -3.14. The molecule has 0 unspecified atom stereocenters. The molecular formula is C20H22N4O5S. The topological polar surface area (TPSA) is 114 Å². The van der Waals surface area contributed by atoms with Crippen LogP contribution in [-0.4, -0.2) is 40.0 Å². The summed E-state index contributed by atoms with van der Waals surface area (Å²) in [7, 11) is 0. The Labute approximate surface area is 178 Å². The van der Waals surface area contributed by atoms with E-state index in [2.05, 4.69) is 10.3 Å². The average molecular weight is 430 g/mol. The van der Waals surface area contributed by atoms with E-state index in [0.717, 1.165) is 0 Å². The largest absolute Gasteiger partial charge is 0.463 e. The van der Waals surface area contributed by atoms with Crippen LogP contribution in [0.5, 0.6) is 0 Å². The first-order chi connectivity index (χ1) is 14.4. The minimum absolute atomic E-state index is 0.0847. The molecule has 0 radical (unpaired) electrons. The second kappa shape index (κ2) is 9.12. The maximum Gasteiger partial charge on any atom is 0.338 e. The third-order valence-electron chi connectivity index (χ3n) is 4.61. The normalized spacial score (nSPS) is 17.8. The summed E-state index contributed by atoms with van der Waals surface area (Å²) in [6.07, 6.45) is 0.0977. The fraction of sp³-hybridized carbons (Fsp3) is 0.350. The van der Waals surface area contributed by atoms with Crippen molar-refractivity contribution in [3.05, 3.63) is 62.3 Å². The Morgan fingerprint density at radius 1 is 1.37 bits per heavy atom. The number of nitrogens with one attached hydrogen (secondary N) is 1. The number of nitrogens with zero attached hydrogens (tertiary/aromatic N) is 3. The number of nitro benzene ring substituents is 1. The van der Waals surface area contributed by atoms with Crippen molar-refractivity contribution in [1.82, 2.24) is 10.2 Å². The lowest BCUT2D eigenvalue weighted by molar-refractivity contribution is -0.384. The van der Waals surface area contributed by atoms with E-state index in [1.165, 1.54) is 23.9 Å². The smallest absolute Gasteiger partial charge is 0.338 e. The summed E-state index contributed by atoms with van der Waals surface area (Å²) in [5.74, 6) is -0.698. The van der Waals surface area contributed by atoms with Crippen molar-refractivity contribution < 1.29 is 19.2 Å². The minimum Gasteiger partial charge on any atom is -0.463 e. The number of carbonyl (C=O) groups excluding carboxylic acids is 2. The number of amides is 1. The lowest BCUT2D eigenvalue weighted by atomic mass is 9.93. The summed E-state index contributed by atoms with van der Waals surface area (Å²) >= 11 is 1.35. The molecule has 1 atom stereocenters. The number of non-ortho nitro benzene ring substituents is 1. The third-order valence-corrected chi connectivity index (χ3v) is 5.50. The first-order valence-electron chi connectivity index (χ1n) is 9.49. The highest BCUT2D eigenvalue weighted by molar-refractivity contribution is 8.16. The molecule has 2 aliphatic heterocycles. The number of nitro groups is 1. The van der Waals surface area contributed by atoms with Gasteiger partial charge in [0, 0.05) is 24.4 Å². The maximum atomic E-state index is 12.8. The molecule has 0 saturated heterocycles. The fourth-order valence-corrected chi connectivity index (χ4v) is 4.35. The molecule has 2 aliphatic rings. The molecule has 0 saturated carbocycles. The van der Waals surface area contributed by atoms with Crippen molar-refractivity contribution >= 4 is 34.5 Å². The van der Waals surface area contributed by atoms with Crippen LogP contribution in [0.15, 0.2) is 51.6 Å². The van der Waals surface area contributed by atoms with Crippen LogP contribution in [0.1, 0.15) is 38.8 Å². The van der Waals surface area contributed by atoms with Gasteiger partial charge in [0.25, 0.3) is 5.69 Å². The van der Waals surface area contributed by atoms with E-state index >= 15 is 0 Å². The number of hydrogen-bond donors (Lipinski definition) is 1. The van der Waals surface area contributed by atoms with E-state index < -0.39 is 16.9 Å². The zero-order valence-corrected chi connectivity index (χ0v) is 17.7. The molecule has 0 spiro atoms. The minimum atomic E-state index is -0.688. The van der Waals surface area contributed by atoms with Gasteiger partial charge in [0.05, 0.1) is 35.3 Å². The number of thioether (sulfide) groups is 1. The van der Waals surface area contributed by atoms with E-state index in [1.807, 2.05) is 12.3 Å². The highest BCUT2D eigenvalue weighted by Gasteiger charge is 2.41. The Kier molecular flexibility index (Phi) is 6.56. The number of hydrogen-bond acceptors (Lipinski definition) is 8. The molecule has 0 aromatic heterocycles. The standard InChI is InChI=1S/C20H22N4O5S/c1-4-21-16(25)10-15-11-30-20-22-12(3)17(19(26)29-5-2)18(23(15)20)13-7-6-8-14(9-13)24(27)28/h6-9,11,18H,4-5,10H2,1-3H3,(H,21,25)/t18-/m1/s1. The monoisotopic (exact) mass is 430 g/mol. The van der Waals surface area contributed by atoms with Crippen molar-refractivity contribution in [2.75, 3.05) is 13.2 Å². The summed E-state index contributed by atoms with van der Waals surface area (Å²) in [5, 5.41) is 16.5. The molecule has 1 aromatic rings. The molecule has 9 nitrogen and oxygen atoms in total. The molecule has 1 amide bonds. The predicted octanol–water partition coefficient (Wildman–Crippen LogP) is 3.26. The van der Waals surface area contributed by atoms with Gasteiger partial charge in [-0.15, -0.1) is 0 Å². The van der Waals surface area contributed by atoms with E-state index in [4.69, 9.17) is 4.74 Å². The number of carbonyl (C=O) groups is 2. The number of benzene rings is 1. The van der Waals surface area contributed by atoms with E-state index in [0.29, 0.717) is 34.2 Å². The predicted molar refractivity (Wildman–Crippen MR) is 113 cm³/mol. The maximum absolute atomic E-state index is 12.8. The van der Waals surface area contributed by atoms with Crippen LogP contribution in [-0.2, 0) is 14.3 Å². The first kappa shape index (κ1) is 21.6. The fourth-order valence-electron chi connectivity index (χ4n) is 3.39. The van der Waals surface area contributed by atoms with Gasteiger partial charge in [-0.2, -0.15) is 0 Å². The SMILES string of the molecule is CCNC(=O)CC1=CSC2=NC(C)=C(C(=O)OCC)[C@@H](c3cccc([N+](=O)[O-])c3)N12. The highest BCUT2D eigenvalue weighted by Crippen LogP contribution is 2.45. The van der Waals surface area contributed by atoms with E-state index in [1.54, 1.807) is 30.9 Å². The first-order valence-corrected chi connectivity index (χ1v) is 10.4. The van der Waals surface area contributed by atoms with Crippen LogP contribution in [0.3, 0.4) is 0 Å². The number of allylic oxidation sites excluding steroid dienone is 1. The highest BCUT2D eigenvalue weighted by atomic mass is 32.2. The molecule has 0 bridgehead atoms. The molecule has 0 fully saturated rings. The lowest BCUT2D eigenvalue weighted by Gasteiger charge is -2.36. The number of rotatable bonds is 7. The molecular weight excluding hydrogens is 408 g/mol. The van der Waals surface area contributed by atoms with Gasteiger partial charge in [-0.05, 0) is 31.7 Å². The van der Waals surface area contributed by atoms with Crippen molar-refractivity contribution in [2.24, 2.45) is 4.99 Å². The number of ether oxygens (including phenoxy) is 1. The summed E-state index contributed by atoms with van der Waals surface area (Å²) < 4.78 is 5.25. The second-order valence-corrected chi connectivity index (χ2v) is 7.43. The molecule has 2 heterocycles. The molecule has 0 aliphatic carbocycles. The van der Waals surface area contributed by atoms with Gasteiger partial charge >= 0.3 is 5.97 Å². The van der Waals surface area contributed by atoms with Crippen LogP contribution in [0.2, 0.25) is 0 Å². The third kappa shape index (κ3) is 4.23. The molecule has 158 valence electrons. The van der Waals surface area contributed by atoms with Crippen molar-refractivity contribution in [2.45, 2.75) is 33.2 Å². The van der Waals surface area contributed by atoms with Gasteiger partial charge in [-0.25, -0.2) is 9.79 Å². The summed E-state index contributed by atoms with van der Waals surface area (Å²) in [5.41, 5.74) is 1.90. The Bertz CT molecular complexity index is 985. The zero-order chi connectivity index (χ0) is 21.8. The van der Waals surface area contributed by atoms with Crippen LogP contribution in [0.25, 0.3) is 0 Å². The Balaban J connectivity index is 2.10. The second-order valence-electron chi connectivity index (χ2n) is 6.60. The summed E-state index contributed by atoms with van der Waals surface area (Å²) in [6.45, 7) is 5.94. The van der Waals surface area contributed by atoms with E-state index in [-0.39, 0.29) is 24.6 Å². The van der Waals surface area contributed by atoms with Gasteiger partial charge in [0.15, 0.2) is 5.17 Å². The number of fused-ring (bicyclic) bond motifs is 1. The van der Waals surface area contributed by atoms with Gasteiger partial charge < -0.3 is 15.0 Å². The average Bonchev–Trinajstić information content (AvgIpc) is 3.09. The van der Waals surface area contributed by atoms with Crippen molar-refractivity contribution in [3.8, 4) is 0 Å². The molecule has 1 aromatic carbocycles. The van der Waals surface area contributed by atoms with Gasteiger partial charge in [-0.3, -0.25) is 14.9 Å². The quantitative estimate of drug-likeness (QED) is 0.401. The van der Waals surface area contributed by atoms with Crippen LogP contribution >= 0.6 is 11.8 Å². The lowest BCUT2D eigenvalue weighted by Crippen LogP contribution is -2.38. The Morgan fingerprint density at radius 3 is 2.80 bits per heavy atom. The molecule has 30 heavy (non-hydrogen) atoms. The number of amidine groups is 1. The molecule has 10 heteroatoms. The zero-order valence-electron chi connectivity index (χ0n) is 16.9. The molecule has 3 rings (SSSR count). The summed E-state index contributed by atoms with van der Waals surface area (Å²) in [4.78, 5) is 42.2. The van der Waals surface area contributed by atoms with Gasteiger partial charge in [0.2, 0.25) is 5.91 Å². The van der Waals surface area contributed by atoms with Crippen molar-refractivity contribution in [3.63, 3.8) is 0 Å². The summed E-state index contributed by atoms with van der Waals surface area (Å²) in [6, 6.07) is 5.44.